The van der Waals surface area contributed by atoms with Crippen molar-refractivity contribution in [2.75, 3.05) is 38.2 Å². The van der Waals surface area contributed by atoms with E-state index in [0.29, 0.717) is 36.8 Å². The van der Waals surface area contributed by atoms with Crippen LogP contribution in [0.5, 0.6) is 0 Å². The van der Waals surface area contributed by atoms with E-state index >= 15 is 0 Å². The SMILES string of the molecule is C[C@H]1CN(Cc2cnc(NC(=O)/C(=N/OC3CCCC3)c3ccc(S(=O)(=O)[C@H]4CCOC4)cc3)s2)CCN1C=O. The normalized spacial score (nSPS) is 22.9. The van der Waals surface area contributed by atoms with Gasteiger partial charge < -0.3 is 14.5 Å². The summed E-state index contributed by atoms with van der Waals surface area (Å²) < 4.78 is 31.1. The largest absolute Gasteiger partial charge is 0.392 e. The molecular formula is C27H35N5O6S2. The smallest absolute Gasteiger partial charge is 0.280 e. The summed E-state index contributed by atoms with van der Waals surface area (Å²) >= 11 is 1.38. The molecule has 5 rings (SSSR count). The van der Waals surface area contributed by atoms with Crippen molar-refractivity contribution in [3.05, 3.63) is 40.9 Å². The molecule has 2 amide bonds. The summed E-state index contributed by atoms with van der Waals surface area (Å²) in [6, 6.07) is 6.34. The molecule has 1 aromatic heterocycles. The number of amides is 2. The molecule has 0 bridgehead atoms. The average Bonchev–Trinajstić information content (AvgIpc) is 3.73. The first-order valence-corrected chi connectivity index (χ1v) is 16.0. The lowest BCUT2D eigenvalue weighted by Gasteiger charge is -2.37. The van der Waals surface area contributed by atoms with Gasteiger partial charge in [-0.1, -0.05) is 17.3 Å². The van der Waals surface area contributed by atoms with Gasteiger partial charge in [0.05, 0.1) is 16.8 Å². The molecule has 3 aliphatic rings. The Morgan fingerprint density at radius 3 is 2.67 bits per heavy atom. The van der Waals surface area contributed by atoms with Gasteiger partial charge in [0, 0.05) is 55.5 Å². The molecule has 3 fully saturated rings. The van der Waals surface area contributed by atoms with Gasteiger partial charge in [0.2, 0.25) is 6.41 Å². The zero-order chi connectivity index (χ0) is 28.1. The number of thiazole rings is 1. The Hall–Kier alpha value is -2.87. The van der Waals surface area contributed by atoms with Crippen molar-refractivity contribution < 1.29 is 27.6 Å². The van der Waals surface area contributed by atoms with Crippen molar-refractivity contribution in [3.63, 3.8) is 0 Å². The van der Waals surface area contributed by atoms with E-state index in [1.807, 2.05) is 6.92 Å². The molecule has 2 atom stereocenters. The van der Waals surface area contributed by atoms with Gasteiger partial charge in [-0.05, 0) is 51.2 Å². The number of nitrogens with one attached hydrogen (secondary N) is 1. The topological polar surface area (TPSA) is 130 Å². The minimum atomic E-state index is -3.52. The number of rotatable bonds is 10. The predicted molar refractivity (Wildman–Crippen MR) is 151 cm³/mol. The second-order valence-electron chi connectivity index (χ2n) is 10.5. The molecule has 11 nitrogen and oxygen atoms in total. The summed E-state index contributed by atoms with van der Waals surface area (Å²) in [6.07, 6.45) is 6.96. The van der Waals surface area contributed by atoms with Gasteiger partial charge in [-0.25, -0.2) is 13.4 Å². The van der Waals surface area contributed by atoms with Crippen LogP contribution in [0.4, 0.5) is 5.13 Å². The highest BCUT2D eigenvalue weighted by atomic mass is 32.2. The minimum Gasteiger partial charge on any atom is -0.392 e. The third kappa shape index (κ3) is 6.70. The predicted octanol–water partition coefficient (Wildman–Crippen LogP) is 2.67. The number of hydrogen-bond acceptors (Lipinski definition) is 10. The van der Waals surface area contributed by atoms with E-state index in [1.54, 1.807) is 23.2 Å². The van der Waals surface area contributed by atoms with Crippen LogP contribution in [-0.4, -0.2) is 91.5 Å². The second kappa shape index (κ2) is 12.8. The van der Waals surface area contributed by atoms with Gasteiger partial charge in [0.1, 0.15) is 6.10 Å². The number of benzene rings is 1. The average molecular weight is 590 g/mol. The van der Waals surface area contributed by atoms with Crippen molar-refractivity contribution in [1.82, 2.24) is 14.8 Å². The number of piperazine rings is 1. The van der Waals surface area contributed by atoms with Crippen LogP contribution >= 0.6 is 11.3 Å². The molecular weight excluding hydrogens is 554 g/mol. The van der Waals surface area contributed by atoms with Crippen molar-refractivity contribution in [2.24, 2.45) is 5.16 Å². The summed E-state index contributed by atoms with van der Waals surface area (Å²) in [5.74, 6) is -0.480. The summed E-state index contributed by atoms with van der Waals surface area (Å²) in [5, 5.41) is 6.95. The quantitative estimate of drug-likeness (QED) is 0.254. The maximum absolute atomic E-state index is 13.4. The maximum Gasteiger partial charge on any atom is 0.280 e. The van der Waals surface area contributed by atoms with Crippen LogP contribution < -0.4 is 5.32 Å². The van der Waals surface area contributed by atoms with E-state index in [-0.39, 0.29) is 29.4 Å². The van der Waals surface area contributed by atoms with Gasteiger partial charge in [0.25, 0.3) is 5.91 Å². The fourth-order valence-electron chi connectivity index (χ4n) is 5.26. The van der Waals surface area contributed by atoms with Crippen LogP contribution in [0, 0.1) is 0 Å². The summed E-state index contributed by atoms with van der Waals surface area (Å²) in [7, 11) is -3.52. The van der Waals surface area contributed by atoms with Gasteiger partial charge in [0.15, 0.2) is 20.7 Å². The highest BCUT2D eigenvalue weighted by Crippen LogP contribution is 2.25. The van der Waals surface area contributed by atoms with Crippen molar-refractivity contribution >= 4 is 44.3 Å². The molecule has 0 unspecified atom stereocenters. The number of carbonyl (C=O) groups excluding carboxylic acids is 2. The Balaban J connectivity index is 1.28. The zero-order valence-electron chi connectivity index (χ0n) is 22.5. The molecule has 0 radical (unpaired) electrons. The van der Waals surface area contributed by atoms with E-state index in [2.05, 4.69) is 20.4 Å². The zero-order valence-corrected chi connectivity index (χ0v) is 24.2. The van der Waals surface area contributed by atoms with E-state index in [0.717, 1.165) is 50.1 Å². The third-order valence-corrected chi connectivity index (χ3v) is 10.7. The maximum atomic E-state index is 13.4. The molecule has 216 valence electrons. The van der Waals surface area contributed by atoms with E-state index in [1.165, 1.54) is 23.5 Å². The molecule has 1 aliphatic carbocycles. The minimum absolute atomic E-state index is 0.0432. The molecule has 2 saturated heterocycles. The van der Waals surface area contributed by atoms with Crippen LogP contribution in [0.25, 0.3) is 0 Å². The number of ether oxygens (including phenoxy) is 1. The Morgan fingerprint density at radius 2 is 2.00 bits per heavy atom. The van der Waals surface area contributed by atoms with Crippen molar-refractivity contribution in [1.29, 1.82) is 0 Å². The van der Waals surface area contributed by atoms with Gasteiger partial charge >= 0.3 is 0 Å². The van der Waals surface area contributed by atoms with E-state index in [9.17, 15) is 18.0 Å². The van der Waals surface area contributed by atoms with Gasteiger partial charge in [-0.15, -0.1) is 11.3 Å². The lowest BCUT2D eigenvalue weighted by Crippen LogP contribution is -2.50. The van der Waals surface area contributed by atoms with Crippen LogP contribution in [0.15, 0.2) is 40.5 Å². The lowest BCUT2D eigenvalue weighted by atomic mass is 10.1. The van der Waals surface area contributed by atoms with Crippen molar-refractivity contribution in [3.8, 4) is 0 Å². The van der Waals surface area contributed by atoms with E-state index in [4.69, 9.17) is 9.57 Å². The molecule has 3 heterocycles. The number of hydrogen-bond donors (Lipinski definition) is 1. The number of carbonyl (C=O) groups is 2. The number of aromatic nitrogens is 1. The Bertz CT molecular complexity index is 1320. The summed E-state index contributed by atoms with van der Waals surface area (Å²) in [5.41, 5.74) is 0.520. The first kappa shape index (κ1) is 28.7. The monoisotopic (exact) mass is 589 g/mol. The summed E-state index contributed by atoms with van der Waals surface area (Å²) in [4.78, 5) is 39.9. The van der Waals surface area contributed by atoms with Crippen molar-refractivity contribution in [2.45, 2.75) is 67.9 Å². The Kier molecular flexibility index (Phi) is 9.13. The first-order chi connectivity index (χ1) is 19.3. The van der Waals surface area contributed by atoms with Crippen LogP contribution in [-0.2, 0) is 35.5 Å². The Morgan fingerprint density at radius 1 is 1.23 bits per heavy atom. The fraction of sp³-hybridized carbons (Fsp3) is 0.556. The number of anilines is 1. The highest BCUT2D eigenvalue weighted by Gasteiger charge is 2.31. The molecule has 40 heavy (non-hydrogen) atoms. The molecule has 2 aliphatic heterocycles. The molecule has 1 saturated carbocycles. The number of sulfone groups is 1. The van der Waals surface area contributed by atoms with Crippen LogP contribution in [0.3, 0.4) is 0 Å². The van der Waals surface area contributed by atoms with Crippen LogP contribution in [0.1, 0.15) is 49.5 Å². The number of nitrogens with zero attached hydrogens (tertiary/aromatic N) is 4. The number of oxime groups is 1. The fourth-order valence-corrected chi connectivity index (χ4v) is 7.69. The molecule has 1 aromatic carbocycles. The summed E-state index contributed by atoms with van der Waals surface area (Å²) in [6.45, 7) is 5.56. The lowest BCUT2D eigenvalue weighted by molar-refractivity contribution is -0.122. The van der Waals surface area contributed by atoms with Crippen LogP contribution in [0.2, 0.25) is 0 Å². The third-order valence-electron chi connectivity index (χ3n) is 7.65. The molecule has 1 N–H and O–H groups in total. The molecule has 2 aromatic rings. The highest BCUT2D eigenvalue weighted by molar-refractivity contribution is 7.92. The van der Waals surface area contributed by atoms with Gasteiger partial charge in [-0.2, -0.15) is 0 Å². The Labute approximate surface area is 238 Å². The standard InChI is InChI=1S/C27H35N5O6S2/c1-19-15-31(11-12-32(19)18-33)16-22-14-28-27(39-22)29-26(34)25(30-38-21-4-2-3-5-21)20-6-8-23(9-7-20)40(35,36)24-10-13-37-17-24/h6-9,14,18-19,21,24H,2-5,10-13,15-17H2,1H3,(H,28,29,34)/b30-25+/t19-,24-/m0/s1. The molecule has 0 spiro atoms. The second-order valence-corrected chi connectivity index (χ2v) is 13.9. The molecule has 13 heteroatoms. The first-order valence-electron chi connectivity index (χ1n) is 13.7. The van der Waals surface area contributed by atoms with E-state index < -0.39 is 21.0 Å². The van der Waals surface area contributed by atoms with Gasteiger partial charge in [-0.3, -0.25) is 19.8 Å².